The summed E-state index contributed by atoms with van der Waals surface area (Å²) in [4.78, 5) is 23.4. The van der Waals surface area contributed by atoms with Crippen LogP contribution in [0.3, 0.4) is 0 Å². The molecule has 1 aliphatic rings. The molecule has 108 valence electrons. The summed E-state index contributed by atoms with van der Waals surface area (Å²) in [6.07, 6.45) is 2.08. The average molecular weight is 286 g/mol. The van der Waals surface area contributed by atoms with Gasteiger partial charge in [-0.2, -0.15) is 0 Å². The van der Waals surface area contributed by atoms with Crippen LogP contribution in [0.1, 0.15) is 46.6 Å². The Hall–Kier alpha value is -2.63. The van der Waals surface area contributed by atoms with Gasteiger partial charge in [0.2, 0.25) is 0 Å². The lowest BCUT2D eigenvalue weighted by atomic mass is 10.1. The van der Waals surface area contributed by atoms with Crippen LogP contribution in [0, 0.1) is 0 Å². The highest BCUT2D eigenvalue weighted by molar-refractivity contribution is 5.95. The summed E-state index contributed by atoms with van der Waals surface area (Å²) in [6.45, 7) is 0. The van der Waals surface area contributed by atoms with E-state index >= 15 is 0 Å². The fraction of sp³-hybridized carbons (Fsp3) is 0.267. The fourth-order valence-electron chi connectivity index (χ4n) is 2.09. The maximum absolute atomic E-state index is 12.1. The van der Waals surface area contributed by atoms with Crippen molar-refractivity contribution < 1.29 is 19.2 Å². The second kappa shape index (κ2) is 5.40. The van der Waals surface area contributed by atoms with Crippen molar-refractivity contribution in [2.75, 3.05) is 0 Å². The molecule has 1 aromatic carbocycles. The summed E-state index contributed by atoms with van der Waals surface area (Å²) < 4.78 is 5.10. The Bertz CT molecular complexity index is 661. The van der Waals surface area contributed by atoms with Crippen molar-refractivity contribution in [1.29, 1.82) is 0 Å². The molecule has 1 aromatic heterocycles. The number of benzene rings is 1. The van der Waals surface area contributed by atoms with Crippen molar-refractivity contribution in [2.45, 2.75) is 24.8 Å². The first-order valence-electron chi connectivity index (χ1n) is 6.70. The molecule has 0 radical (unpaired) electrons. The number of nitrogens with zero attached hydrogens (tertiary/aromatic N) is 1. The number of carbonyl (C=O) groups excluding carboxylic acids is 1. The normalized spacial score (nSPS) is 15.4. The average Bonchev–Trinajstić information content (AvgIpc) is 3.22. The lowest BCUT2D eigenvalue weighted by Gasteiger charge is -2.13. The van der Waals surface area contributed by atoms with Crippen LogP contribution in [-0.4, -0.2) is 22.1 Å². The van der Waals surface area contributed by atoms with E-state index in [-0.39, 0.29) is 5.69 Å². The molecule has 3 rings (SSSR count). The molecule has 1 atom stereocenters. The van der Waals surface area contributed by atoms with Crippen molar-refractivity contribution in [3.8, 4) is 0 Å². The molecule has 6 nitrogen and oxygen atoms in total. The Labute approximate surface area is 120 Å². The van der Waals surface area contributed by atoms with Crippen LogP contribution < -0.4 is 5.32 Å². The Kier molecular flexibility index (Phi) is 3.43. The van der Waals surface area contributed by atoms with Gasteiger partial charge in [-0.3, -0.25) is 4.79 Å². The van der Waals surface area contributed by atoms with E-state index in [0.29, 0.717) is 17.2 Å². The molecule has 0 bridgehead atoms. The van der Waals surface area contributed by atoms with Gasteiger partial charge in [-0.15, -0.1) is 0 Å². The molecule has 21 heavy (non-hydrogen) atoms. The first kappa shape index (κ1) is 13.4. The second-order valence-electron chi connectivity index (χ2n) is 5.04. The highest BCUT2D eigenvalue weighted by atomic mass is 16.5. The molecule has 1 fully saturated rings. The number of carboxylic acids is 1. The number of aromatic nitrogens is 1. The highest BCUT2D eigenvalue weighted by Crippen LogP contribution is 2.40. The van der Waals surface area contributed by atoms with Crippen molar-refractivity contribution in [2.24, 2.45) is 0 Å². The molecule has 0 aliphatic heterocycles. The van der Waals surface area contributed by atoms with Gasteiger partial charge in [-0.05, 0) is 18.4 Å². The predicted molar refractivity (Wildman–Crippen MR) is 72.8 cm³/mol. The van der Waals surface area contributed by atoms with Gasteiger partial charge in [0.25, 0.3) is 5.91 Å². The van der Waals surface area contributed by atoms with Gasteiger partial charge in [0.15, 0.2) is 11.7 Å². The van der Waals surface area contributed by atoms with Crippen LogP contribution in [-0.2, 0) is 4.79 Å². The molecular formula is C15H14N2O4. The zero-order chi connectivity index (χ0) is 14.8. The molecular weight excluding hydrogens is 272 g/mol. The summed E-state index contributed by atoms with van der Waals surface area (Å²) in [6, 6.07) is 8.99. The Morgan fingerprint density at radius 1 is 1.29 bits per heavy atom. The first-order valence-corrected chi connectivity index (χ1v) is 6.70. The van der Waals surface area contributed by atoms with Gasteiger partial charge in [0.1, 0.15) is 5.76 Å². The number of carbonyl (C=O) groups is 2. The lowest BCUT2D eigenvalue weighted by Crippen LogP contribution is -2.33. The topological polar surface area (TPSA) is 92.4 Å². The van der Waals surface area contributed by atoms with Crippen LogP contribution in [0.5, 0.6) is 0 Å². The lowest BCUT2D eigenvalue weighted by molar-refractivity contribution is -0.139. The maximum atomic E-state index is 12.1. The van der Waals surface area contributed by atoms with E-state index in [0.717, 1.165) is 12.8 Å². The Balaban J connectivity index is 1.75. The smallest absolute Gasteiger partial charge is 0.330 e. The number of nitrogens with one attached hydrogen (secondary N) is 1. The third-order valence-corrected chi connectivity index (χ3v) is 3.40. The Morgan fingerprint density at radius 3 is 2.62 bits per heavy atom. The molecule has 2 N–H and O–H groups in total. The van der Waals surface area contributed by atoms with Gasteiger partial charge >= 0.3 is 5.97 Å². The summed E-state index contributed by atoms with van der Waals surface area (Å²) >= 11 is 0. The molecule has 6 heteroatoms. The molecule has 2 aromatic rings. The van der Waals surface area contributed by atoms with Gasteiger partial charge in [0, 0.05) is 12.0 Å². The van der Waals surface area contributed by atoms with E-state index in [1.165, 1.54) is 0 Å². The monoisotopic (exact) mass is 286 g/mol. The van der Waals surface area contributed by atoms with Gasteiger partial charge < -0.3 is 14.9 Å². The fourth-order valence-corrected chi connectivity index (χ4v) is 2.09. The summed E-state index contributed by atoms with van der Waals surface area (Å²) in [5.41, 5.74) is 0.614. The van der Waals surface area contributed by atoms with Crippen LogP contribution in [0.2, 0.25) is 0 Å². The van der Waals surface area contributed by atoms with Crippen LogP contribution in [0.15, 0.2) is 40.9 Å². The van der Waals surface area contributed by atoms with Crippen LogP contribution in [0.4, 0.5) is 0 Å². The molecule has 1 unspecified atom stereocenters. The molecule has 1 saturated carbocycles. The molecule has 1 aliphatic carbocycles. The number of hydrogen-bond acceptors (Lipinski definition) is 4. The number of aliphatic carboxylic acids is 1. The number of hydrogen-bond donors (Lipinski definition) is 2. The maximum Gasteiger partial charge on any atom is 0.330 e. The van der Waals surface area contributed by atoms with Crippen LogP contribution >= 0.6 is 0 Å². The van der Waals surface area contributed by atoms with Crippen molar-refractivity contribution in [3.63, 3.8) is 0 Å². The van der Waals surface area contributed by atoms with Gasteiger partial charge in [-0.25, -0.2) is 4.79 Å². The quantitative estimate of drug-likeness (QED) is 0.878. The van der Waals surface area contributed by atoms with E-state index in [2.05, 4.69) is 10.5 Å². The zero-order valence-electron chi connectivity index (χ0n) is 11.2. The Morgan fingerprint density at radius 2 is 2.00 bits per heavy atom. The van der Waals surface area contributed by atoms with Crippen molar-refractivity contribution >= 4 is 11.9 Å². The third kappa shape index (κ3) is 2.94. The first-order chi connectivity index (χ1) is 10.1. The second-order valence-corrected chi connectivity index (χ2v) is 5.04. The van der Waals surface area contributed by atoms with Crippen LogP contribution in [0.25, 0.3) is 0 Å². The minimum atomic E-state index is -1.12. The van der Waals surface area contributed by atoms with E-state index in [4.69, 9.17) is 4.52 Å². The number of amides is 1. The summed E-state index contributed by atoms with van der Waals surface area (Å²) in [5, 5.41) is 15.4. The van der Waals surface area contributed by atoms with Gasteiger partial charge in [-0.1, -0.05) is 35.5 Å². The van der Waals surface area contributed by atoms with E-state index < -0.39 is 17.9 Å². The third-order valence-electron chi connectivity index (χ3n) is 3.40. The molecule has 0 spiro atoms. The van der Waals surface area contributed by atoms with Gasteiger partial charge in [0.05, 0.1) is 0 Å². The summed E-state index contributed by atoms with van der Waals surface area (Å²) in [5.74, 6) is -0.641. The zero-order valence-corrected chi connectivity index (χ0v) is 11.2. The van der Waals surface area contributed by atoms with E-state index in [9.17, 15) is 14.7 Å². The largest absolute Gasteiger partial charge is 0.479 e. The molecule has 1 heterocycles. The number of rotatable bonds is 5. The highest BCUT2D eigenvalue weighted by Gasteiger charge is 2.30. The summed E-state index contributed by atoms with van der Waals surface area (Å²) in [7, 11) is 0. The van der Waals surface area contributed by atoms with Crippen molar-refractivity contribution in [1.82, 2.24) is 10.5 Å². The van der Waals surface area contributed by atoms with E-state index in [1.54, 1.807) is 36.4 Å². The van der Waals surface area contributed by atoms with Crippen molar-refractivity contribution in [3.05, 3.63) is 53.4 Å². The minimum Gasteiger partial charge on any atom is -0.479 e. The predicted octanol–water partition coefficient (Wildman–Crippen LogP) is 2.11. The molecule has 0 saturated heterocycles. The SMILES string of the molecule is O=C(NC(C(=O)O)c1ccccc1)c1cc(C2CC2)on1. The standard InChI is InChI=1S/C15H14N2O4/c18-14(11-8-12(21-17-11)9-6-7-9)16-13(15(19)20)10-4-2-1-3-5-10/h1-5,8-9,13H,6-7H2,(H,16,18)(H,19,20). The minimum absolute atomic E-state index is 0.110. The number of carboxylic acid groups (broad SMARTS) is 1. The molecule has 1 amide bonds. The van der Waals surface area contributed by atoms with E-state index in [1.807, 2.05) is 0 Å².